The van der Waals surface area contributed by atoms with Gasteiger partial charge >= 0.3 is 0 Å². The second-order valence-corrected chi connectivity index (χ2v) is 8.97. The maximum atomic E-state index is 13.7. The van der Waals surface area contributed by atoms with E-state index in [9.17, 15) is 13.2 Å². The third kappa shape index (κ3) is 3.87. The number of rotatable bonds is 6. The van der Waals surface area contributed by atoms with E-state index in [1.54, 1.807) is 43.3 Å². The molecule has 0 bridgehead atoms. The number of fused-ring (bicyclic) bond motifs is 1. The highest BCUT2D eigenvalue weighted by atomic mass is 32.2. The molecule has 4 rings (SSSR count). The molecule has 0 radical (unpaired) electrons. The Labute approximate surface area is 188 Å². The van der Waals surface area contributed by atoms with Crippen molar-refractivity contribution in [1.29, 1.82) is 0 Å². The van der Waals surface area contributed by atoms with Crippen molar-refractivity contribution in [1.82, 2.24) is 0 Å². The highest BCUT2D eigenvalue weighted by molar-refractivity contribution is 7.97. The van der Waals surface area contributed by atoms with Crippen LogP contribution in [0.2, 0.25) is 0 Å². The van der Waals surface area contributed by atoms with E-state index in [0.29, 0.717) is 40.4 Å². The molecule has 164 valence electrons. The molecular weight excluding hydrogens is 424 g/mol. The zero-order chi connectivity index (χ0) is 22.7. The average Bonchev–Trinajstić information content (AvgIpc) is 2.79. The molecule has 0 fully saturated rings. The molecule has 1 aliphatic heterocycles. The van der Waals surface area contributed by atoms with Crippen molar-refractivity contribution < 1.29 is 17.9 Å². The fourth-order valence-corrected chi connectivity index (χ4v) is 5.62. The van der Waals surface area contributed by atoms with Crippen LogP contribution in [0.5, 0.6) is 5.75 Å². The molecular formula is C25H24N2O4S. The number of amides is 1. The van der Waals surface area contributed by atoms with Gasteiger partial charge in [-0.1, -0.05) is 54.6 Å². The Morgan fingerprint density at radius 2 is 1.66 bits per heavy atom. The third-order valence-electron chi connectivity index (χ3n) is 5.18. The van der Waals surface area contributed by atoms with Crippen LogP contribution in [0.3, 0.4) is 0 Å². The topological polar surface area (TPSA) is 75.7 Å². The summed E-state index contributed by atoms with van der Waals surface area (Å²) in [5, 5.41) is 2.76. The Bertz CT molecular complexity index is 1280. The van der Waals surface area contributed by atoms with Crippen molar-refractivity contribution in [3.63, 3.8) is 0 Å². The molecule has 3 aromatic rings. The van der Waals surface area contributed by atoms with Crippen LogP contribution in [-0.2, 0) is 14.8 Å². The lowest BCUT2D eigenvalue weighted by atomic mass is 9.95. The zero-order valence-corrected chi connectivity index (χ0v) is 18.7. The van der Waals surface area contributed by atoms with Crippen LogP contribution < -0.4 is 14.4 Å². The summed E-state index contributed by atoms with van der Waals surface area (Å²) in [6.45, 7) is 4.31. The standard InChI is InChI=1S/C25H24N2O4S/c1-3-27-22-16-9-8-15-21(22)23(18-11-6-5-7-12-18)24(32(27,29)30)25(28)26-19-13-10-14-20(17-19)31-4-2/h5-17H,3-4H2,1-2H3,(H,26,28). The zero-order valence-electron chi connectivity index (χ0n) is 17.9. The summed E-state index contributed by atoms with van der Waals surface area (Å²) in [5.74, 6) is -0.0972. The Balaban J connectivity index is 1.91. The Kier molecular flexibility index (Phi) is 6.01. The predicted molar refractivity (Wildman–Crippen MR) is 127 cm³/mol. The molecule has 0 unspecified atom stereocenters. The third-order valence-corrected chi connectivity index (χ3v) is 7.12. The fraction of sp³-hybridized carbons (Fsp3) is 0.160. The van der Waals surface area contributed by atoms with E-state index in [1.165, 1.54) is 4.31 Å². The number of hydrogen-bond donors (Lipinski definition) is 1. The number of nitrogens with zero attached hydrogens (tertiary/aromatic N) is 1. The van der Waals surface area contributed by atoms with Gasteiger partial charge in [0, 0.05) is 29.4 Å². The van der Waals surface area contributed by atoms with Crippen molar-refractivity contribution in [3.05, 3.63) is 94.9 Å². The van der Waals surface area contributed by atoms with Gasteiger partial charge in [-0.3, -0.25) is 9.10 Å². The van der Waals surface area contributed by atoms with Gasteiger partial charge in [0.05, 0.1) is 12.3 Å². The number of carbonyl (C=O) groups is 1. The smallest absolute Gasteiger partial charge is 0.270 e. The molecule has 0 atom stereocenters. The van der Waals surface area contributed by atoms with Gasteiger partial charge in [0.1, 0.15) is 5.75 Å². The first-order valence-corrected chi connectivity index (χ1v) is 11.9. The minimum atomic E-state index is -4.10. The molecule has 0 spiro atoms. The molecule has 3 aromatic carbocycles. The molecule has 6 nitrogen and oxygen atoms in total. The lowest BCUT2D eigenvalue weighted by Gasteiger charge is -2.32. The molecule has 7 heteroatoms. The van der Waals surface area contributed by atoms with Crippen LogP contribution in [0.25, 0.3) is 5.57 Å². The molecule has 1 aliphatic rings. The molecule has 0 saturated carbocycles. The van der Waals surface area contributed by atoms with Crippen molar-refractivity contribution in [2.24, 2.45) is 0 Å². The first-order chi connectivity index (χ1) is 15.5. The predicted octanol–water partition coefficient (Wildman–Crippen LogP) is 4.65. The largest absolute Gasteiger partial charge is 0.494 e. The average molecular weight is 449 g/mol. The normalized spacial score (nSPS) is 14.6. The van der Waals surface area contributed by atoms with Gasteiger partial charge in [-0.05, 0) is 37.6 Å². The van der Waals surface area contributed by atoms with Gasteiger partial charge in [0.2, 0.25) is 0 Å². The van der Waals surface area contributed by atoms with Gasteiger partial charge in [-0.2, -0.15) is 0 Å². The van der Waals surface area contributed by atoms with Crippen LogP contribution in [0.4, 0.5) is 11.4 Å². The van der Waals surface area contributed by atoms with Gasteiger partial charge < -0.3 is 10.1 Å². The molecule has 0 saturated heterocycles. The number of hydrogen-bond acceptors (Lipinski definition) is 4. The summed E-state index contributed by atoms with van der Waals surface area (Å²) in [5.41, 5.74) is 2.77. The molecule has 0 aromatic heterocycles. The van der Waals surface area contributed by atoms with E-state index >= 15 is 0 Å². The maximum Gasteiger partial charge on any atom is 0.270 e. The number of benzene rings is 3. The Morgan fingerprint density at radius 3 is 2.38 bits per heavy atom. The number of ether oxygens (including phenoxy) is 1. The lowest BCUT2D eigenvalue weighted by molar-refractivity contribution is -0.112. The second kappa shape index (κ2) is 8.88. The monoisotopic (exact) mass is 448 g/mol. The highest BCUT2D eigenvalue weighted by Gasteiger charge is 2.40. The van der Waals surface area contributed by atoms with Gasteiger partial charge in [-0.15, -0.1) is 0 Å². The fourth-order valence-electron chi connectivity index (χ4n) is 3.87. The summed E-state index contributed by atoms with van der Waals surface area (Å²) in [7, 11) is -4.10. The Morgan fingerprint density at radius 1 is 0.938 bits per heavy atom. The second-order valence-electron chi connectivity index (χ2n) is 7.17. The van der Waals surface area contributed by atoms with Gasteiger partial charge in [0.25, 0.3) is 15.9 Å². The van der Waals surface area contributed by atoms with Gasteiger partial charge in [-0.25, -0.2) is 8.42 Å². The van der Waals surface area contributed by atoms with E-state index < -0.39 is 15.9 Å². The first-order valence-electron chi connectivity index (χ1n) is 10.4. The van der Waals surface area contributed by atoms with Crippen molar-refractivity contribution in [2.45, 2.75) is 13.8 Å². The van der Waals surface area contributed by atoms with Crippen LogP contribution in [-0.4, -0.2) is 27.5 Å². The summed E-state index contributed by atoms with van der Waals surface area (Å²) in [4.78, 5) is 13.2. The number of nitrogens with one attached hydrogen (secondary N) is 1. The van der Waals surface area contributed by atoms with E-state index in [4.69, 9.17) is 4.74 Å². The van der Waals surface area contributed by atoms with Crippen molar-refractivity contribution >= 4 is 32.9 Å². The quantitative estimate of drug-likeness (QED) is 0.595. The maximum absolute atomic E-state index is 13.7. The minimum absolute atomic E-state index is 0.206. The summed E-state index contributed by atoms with van der Waals surface area (Å²) < 4.78 is 34.1. The highest BCUT2D eigenvalue weighted by Crippen LogP contribution is 2.42. The number of anilines is 2. The number of para-hydroxylation sites is 1. The van der Waals surface area contributed by atoms with Gasteiger partial charge in [0.15, 0.2) is 4.91 Å². The lowest BCUT2D eigenvalue weighted by Crippen LogP contribution is -2.39. The van der Waals surface area contributed by atoms with E-state index in [0.717, 1.165) is 0 Å². The summed E-state index contributed by atoms with van der Waals surface area (Å²) >= 11 is 0. The van der Waals surface area contributed by atoms with Crippen molar-refractivity contribution in [3.8, 4) is 5.75 Å². The number of carbonyl (C=O) groups excluding carboxylic acids is 1. The van der Waals surface area contributed by atoms with Crippen LogP contribution in [0, 0.1) is 0 Å². The Hall–Kier alpha value is -3.58. The van der Waals surface area contributed by atoms with E-state index in [-0.39, 0.29) is 11.4 Å². The minimum Gasteiger partial charge on any atom is -0.494 e. The summed E-state index contributed by atoms with van der Waals surface area (Å²) in [6, 6.07) is 23.3. The van der Waals surface area contributed by atoms with E-state index in [1.807, 2.05) is 49.4 Å². The molecule has 0 aliphatic carbocycles. The van der Waals surface area contributed by atoms with Crippen LogP contribution >= 0.6 is 0 Å². The van der Waals surface area contributed by atoms with Crippen LogP contribution in [0.1, 0.15) is 25.0 Å². The first kappa shape index (κ1) is 21.6. The molecule has 32 heavy (non-hydrogen) atoms. The molecule has 1 amide bonds. The van der Waals surface area contributed by atoms with E-state index in [2.05, 4.69) is 5.32 Å². The van der Waals surface area contributed by atoms with Crippen LogP contribution in [0.15, 0.2) is 83.8 Å². The van der Waals surface area contributed by atoms with Crippen molar-refractivity contribution in [2.75, 3.05) is 22.8 Å². The summed E-state index contributed by atoms with van der Waals surface area (Å²) in [6.07, 6.45) is 0. The molecule has 1 N–H and O–H groups in total. The number of sulfonamides is 1. The SMILES string of the molecule is CCOc1cccc(NC(=O)C2=C(c3ccccc3)c3ccccc3N(CC)S2(=O)=O)c1. The molecule has 1 heterocycles.